The van der Waals surface area contributed by atoms with Gasteiger partial charge in [0, 0.05) is 11.5 Å². The number of nitrogens with one attached hydrogen (secondary N) is 1. The summed E-state index contributed by atoms with van der Waals surface area (Å²) in [5.41, 5.74) is -1.75. The Morgan fingerprint density at radius 1 is 1.07 bits per heavy atom. The van der Waals surface area contributed by atoms with Gasteiger partial charge < -0.3 is 4.98 Å². The lowest BCUT2D eigenvalue weighted by molar-refractivity contribution is 0.591. The number of rotatable bonds is 0. The largest absolute Gasteiger partial charge is 0.318 e. The van der Waals surface area contributed by atoms with Crippen LogP contribution in [0, 0.1) is 11.6 Å². The third-order valence-electron chi connectivity index (χ3n) is 1.97. The van der Waals surface area contributed by atoms with Crippen LogP contribution in [0.25, 0.3) is 10.9 Å². The summed E-state index contributed by atoms with van der Waals surface area (Å²) >= 11 is 0. The van der Waals surface area contributed by atoms with Crippen molar-refractivity contribution in [3.63, 3.8) is 0 Å². The Morgan fingerprint density at radius 2 is 1.80 bits per heavy atom. The first-order valence-electron chi connectivity index (χ1n) is 4.10. The molecule has 0 aliphatic carbocycles. The lowest BCUT2D eigenvalue weighted by Gasteiger charge is -1.94. The number of aromatic nitrogens is 1. The zero-order valence-electron chi connectivity index (χ0n) is 7.38. The molecule has 0 spiro atoms. The molecular formula is C10H5F2NO2. The van der Waals surface area contributed by atoms with Gasteiger partial charge in [-0.3, -0.25) is 9.59 Å². The summed E-state index contributed by atoms with van der Waals surface area (Å²) in [5, 5.41) is -0.00407. The number of benzene rings is 1. The molecule has 0 aliphatic heterocycles. The molecule has 0 aliphatic rings. The van der Waals surface area contributed by atoms with Crippen molar-refractivity contribution in [3.05, 3.63) is 56.5 Å². The summed E-state index contributed by atoms with van der Waals surface area (Å²) in [5.74, 6) is -1.63. The van der Waals surface area contributed by atoms with Crippen LogP contribution in [0.15, 0.2) is 33.9 Å². The maximum Gasteiger partial charge on any atom is 0.296 e. The van der Waals surface area contributed by atoms with E-state index >= 15 is 0 Å². The maximum atomic E-state index is 13.2. The minimum Gasteiger partial charge on any atom is -0.318 e. The van der Waals surface area contributed by atoms with E-state index in [1.54, 1.807) is 0 Å². The van der Waals surface area contributed by atoms with Gasteiger partial charge in [0.2, 0.25) is 5.43 Å². The Labute approximate surface area is 82.0 Å². The van der Waals surface area contributed by atoms with Crippen LogP contribution in [0.5, 0.6) is 0 Å². The van der Waals surface area contributed by atoms with E-state index in [1.807, 2.05) is 0 Å². The Hall–Kier alpha value is -2.04. The molecule has 0 atom stereocenters. The smallest absolute Gasteiger partial charge is 0.296 e. The fraction of sp³-hybridized carbons (Fsp3) is 0. The molecule has 15 heavy (non-hydrogen) atoms. The molecule has 0 fully saturated rings. The molecule has 0 unspecified atom stereocenters. The summed E-state index contributed by atoms with van der Waals surface area (Å²) in [6, 6.07) is 3.73. The number of H-pyrrole nitrogens is 1. The van der Waals surface area contributed by atoms with Crippen molar-refractivity contribution in [1.29, 1.82) is 0 Å². The van der Waals surface area contributed by atoms with Gasteiger partial charge in [-0.05, 0) is 18.2 Å². The first-order chi connectivity index (χ1) is 7.08. The van der Waals surface area contributed by atoms with Crippen LogP contribution in [0.4, 0.5) is 8.78 Å². The van der Waals surface area contributed by atoms with E-state index in [0.717, 1.165) is 18.2 Å². The monoisotopic (exact) mass is 209 g/mol. The van der Waals surface area contributed by atoms with E-state index in [9.17, 15) is 18.4 Å². The molecule has 76 valence electrons. The van der Waals surface area contributed by atoms with Crippen molar-refractivity contribution in [2.24, 2.45) is 0 Å². The van der Waals surface area contributed by atoms with E-state index < -0.39 is 22.6 Å². The zero-order chi connectivity index (χ0) is 11.0. The predicted octanol–water partition coefficient (Wildman–Crippen LogP) is 1.17. The summed E-state index contributed by atoms with van der Waals surface area (Å²) < 4.78 is 26.0. The van der Waals surface area contributed by atoms with Crippen molar-refractivity contribution < 1.29 is 8.78 Å². The highest BCUT2D eigenvalue weighted by Gasteiger charge is 2.03. The second-order valence-electron chi connectivity index (χ2n) is 3.00. The van der Waals surface area contributed by atoms with Crippen LogP contribution < -0.4 is 11.0 Å². The van der Waals surface area contributed by atoms with Gasteiger partial charge in [-0.15, -0.1) is 0 Å². The van der Waals surface area contributed by atoms with Crippen molar-refractivity contribution in [2.75, 3.05) is 0 Å². The van der Waals surface area contributed by atoms with Crippen LogP contribution in [0.1, 0.15) is 0 Å². The third-order valence-corrected chi connectivity index (χ3v) is 1.97. The maximum absolute atomic E-state index is 13.2. The molecule has 5 heteroatoms. The Kier molecular flexibility index (Phi) is 2.07. The molecule has 1 N–H and O–H groups in total. The molecule has 3 nitrogen and oxygen atoms in total. The Bertz CT molecular complexity index is 649. The van der Waals surface area contributed by atoms with Crippen molar-refractivity contribution in [2.45, 2.75) is 0 Å². The number of fused-ring (bicyclic) bond motifs is 1. The molecule has 1 aromatic heterocycles. The van der Waals surface area contributed by atoms with Crippen LogP contribution in [-0.2, 0) is 0 Å². The van der Waals surface area contributed by atoms with Gasteiger partial charge in [0.15, 0.2) is 0 Å². The molecule has 0 bridgehead atoms. The predicted molar refractivity (Wildman–Crippen MR) is 50.8 cm³/mol. The molecule has 1 heterocycles. The molecule has 2 aromatic rings. The van der Waals surface area contributed by atoms with E-state index in [1.165, 1.54) is 0 Å². The number of halogens is 2. The van der Waals surface area contributed by atoms with Gasteiger partial charge in [0.25, 0.3) is 5.56 Å². The quantitative estimate of drug-likeness (QED) is 0.662. The summed E-state index contributed by atoms with van der Waals surface area (Å²) in [6.45, 7) is 0. The highest BCUT2D eigenvalue weighted by atomic mass is 19.1. The minimum absolute atomic E-state index is 0.00407. The summed E-state index contributed by atoms with van der Waals surface area (Å²) in [7, 11) is 0. The Balaban J connectivity index is 3.07. The van der Waals surface area contributed by atoms with Gasteiger partial charge in [0.1, 0.15) is 11.6 Å². The van der Waals surface area contributed by atoms with Crippen LogP contribution in [0.3, 0.4) is 0 Å². The molecule has 0 saturated carbocycles. The van der Waals surface area contributed by atoms with Crippen molar-refractivity contribution in [3.8, 4) is 0 Å². The molecule has 1 aromatic carbocycles. The topological polar surface area (TPSA) is 49.9 Å². The molecular weight excluding hydrogens is 204 g/mol. The second kappa shape index (κ2) is 3.27. The SMILES string of the molecule is O=c1ccc2c(F)cc(F)cc2[nH]c1=O. The fourth-order valence-corrected chi connectivity index (χ4v) is 1.28. The van der Waals surface area contributed by atoms with E-state index in [2.05, 4.69) is 4.98 Å². The highest BCUT2D eigenvalue weighted by Crippen LogP contribution is 2.14. The van der Waals surface area contributed by atoms with Gasteiger partial charge in [-0.25, -0.2) is 8.78 Å². The molecule has 0 radical (unpaired) electrons. The zero-order valence-corrected chi connectivity index (χ0v) is 7.38. The van der Waals surface area contributed by atoms with Gasteiger partial charge in [0.05, 0.1) is 5.52 Å². The number of aromatic amines is 1. The van der Waals surface area contributed by atoms with Crippen LogP contribution in [-0.4, -0.2) is 4.98 Å². The van der Waals surface area contributed by atoms with Gasteiger partial charge in [-0.2, -0.15) is 0 Å². The van der Waals surface area contributed by atoms with Crippen molar-refractivity contribution >= 4 is 10.9 Å². The number of hydrogen-bond donors (Lipinski definition) is 1. The molecule has 0 amide bonds. The lowest BCUT2D eigenvalue weighted by Crippen LogP contribution is -2.22. The van der Waals surface area contributed by atoms with E-state index in [4.69, 9.17) is 0 Å². The van der Waals surface area contributed by atoms with E-state index in [-0.39, 0.29) is 10.9 Å². The average Bonchev–Trinajstić information content (AvgIpc) is 2.27. The van der Waals surface area contributed by atoms with Gasteiger partial charge in [-0.1, -0.05) is 0 Å². The summed E-state index contributed by atoms with van der Waals surface area (Å²) in [6.07, 6.45) is 0. The fourth-order valence-electron chi connectivity index (χ4n) is 1.28. The number of hydrogen-bond acceptors (Lipinski definition) is 2. The lowest BCUT2D eigenvalue weighted by atomic mass is 10.2. The highest BCUT2D eigenvalue weighted by molar-refractivity contribution is 5.78. The molecule has 2 rings (SSSR count). The summed E-state index contributed by atoms with van der Waals surface area (Å²) in [4.78, 5) is 24.1. The normalized spacial score (nSPS) is 10.5. The first kappa shape index (κ1) is 9.51. The standard InChI is InChI=1S/C10H5F2NO2/c11-5-3-7(12)6-1-2-9(14)10(15)13-8(6)4-5/h1-4H,(H,13,14,15). The average molecular weight is 209 g/mol. The van der Waals surface area contributed by atoms with Crippen molar-refractivity contribution in [1.82, 2.24) is 4.98 Å². The first-order valence-corrected chi connectivity index (χ1v) is 4.10. The Morgan fingerprint density at radius 3 is 2.53 bits per heavy atom. The second-order valence-corrected chi connectivity index (χ2v) is 3.00. The van der Waals surface area contributed by atoms with E-state index in [0.29, 0.717) is 6.07 Å². The molecule has 0 saturated heterocycles. The van der Waals surface area contributed by atoms with Crippen LogP contribution in [0.2, 0.25) is 0 Å². The van der Waals surface area contributed by atoms with Gasteiger partial charge >= 0.3 is 0 Å². The third kappa shape index (κ3) is 1.63. The minimum atomic E-state index is -0.907. The van der Waals surface area contributed by atoms with Crippen LogP contribution >= 0.6 is 0 Å².